The van der Waals surface area contributed by atoms with Gasteiger partial charge < -0.3 is 0 Å². The van der Waals surface area contributed by atoms with Gasteiger partial charge in [0.15, 0.2) is 5.78 Å². The van der Waals surface area contributed by atoms with Gasteiger partial charge in [0.1, 0.15) is 0 Å². The summed E-state index contributed by atoms with van der Waals surface area (Å²) in [6.45, 7) is 4.20. The van der Waals surface area contributed by atoms with Crippen molar-refractivity contribution in [2.45, 2.75) is 26.7 Å². The first kappa shape index (κ1) is 13.8. The van der Waals surface area contributed by atoms with E-state index in [0.29, 0.717) is 0 Å². The minimum absolute atomic E-state index is 0.0932. The molecule has 2 heteroatoms. The van der Waals surface area contributed by atoms with E-state index in [-0.39, 0.29) is 5.78 Å². The lowest BCUT2D eigenvalue weighted by atomic mass is 10.1. The highest BCUT2D eigenvalue weighted by molar-refractivity contribution is 7.14. The van der Waals surface area contributed by atoms with Gasteiger partial charge in [0.05, 0.1) is 4.88 Å². The van der Waals surface area contributed by atoms with Crippen molar-refractivity contribution in [3.63, 3.8) is 0 Å². The average molecular weight is 270 g/mol. The molecule has 2 rings (SSSR count). The molecule has 0 fully saturated rings. The van der Waals surface area contributed by atoms with Crippen LogP contribution in [-0.2, 0) is 6.42 Å². The lowest BCUT2D eigenvalue weighted by Gasteiger charge is -1.97. The van der Waals surface area contributed by atoms with Crippen LogP contribution in [0.15, 0.2) is 42.5 Å². The third-order valence-electron chi connectivity index (χ3n) is 3.00. The molecule has 0 saturated heterocycles. The highest BCUT2D eigenvalue weighted by Gasteiger charge is 2.05. The quantitative estimate of drug-likeness (QED) is 0.557. The van der Waals surface area contributed by atoms with Crippen LogP contribution in [0.1, 0.15) is 39.0 Å². The van der Waals surface area contributed by atoms with Crippen molar-refractivity contribution in [3.05, 3.63) is 63.4 Å². The summed E-state index contributed by atoms with van der Waals surface area (Å²) in [7, 11) is 0. The second-order valence-electron chi connectivity index (χ2n) is 4.57. The second kappa shape index (κ2) is 6.48. The lowest BCUT2D eigenvalue weighted by Crippen LogP contribution is -1.89. The molecule has 19 heavy (non-hydrogen) atoms. The number of hydrogen-bond donors (Lipinski definition) is 0. The number of thiophene rings is 1. The van der Waals surface area contributed by atoms with E-state index in [1.165, 1.54) is 10.4 Å². The van der Waals surface area contributed by atoms with Gasteiger partial charge in [0.2, 0.25) is 0 Å². The van der Waals surface area contributed by atoms with Gasteiger partial charge in [0.25, 0.3) is 0 Å². The van der Waals surface area contributed by atoms with Crippen molar-refractivity contribution >= 4 is 23.2 Å². The molecule has 98 valence electrons. The number of benzene rings is 1. The standard InChI is InChI=1S/C17H18OS/c1-3-6-15-10-12-17(19-15)16(18)11-9-14-8-5-4-7-13(14)2/h4-5,7-12H,3,6H2,1-2H3/b11-9+. The summed E-state index contributed by atoms with van der Waals surface area (Å²) in [5, 5.41) is 0. The molecule has 1 aromatic carbocycles. The zero-order chi connectivity index (χ0) is 13.7. The highest BCUT2D eigenvalue weighted by atomic mass is 32.1. The van der Waals surface area contributed by atoms with Gasteiger partial charge in [-0.05, 0) is 42.7 Å². The summed E-state index contributed by atoms with van der Waals surface area (Å²) in [6, 6.07) is 12.1. The van der Waals surface area contributed by atoms with Crippen LogP contribution in [0.4, 0.5) is 0 Å². The first-order chi connectivity index (χ1) is 9.20. The Balaban J connectivity index is 2.10. The molecule has 0 atom stereocenters. The minimum atomic E-state index is 0.0932. The molecule has 0 aliphatic rings. The molecule has 0 saturated carbocycles. The van der Waals surface area contributed by atoms with Crippen molar-refractivity contribution in [1.82, 2.24) is 0 Å². The highest BCUT2D eigenvalue weighted by Crippen LogP contribution is 2.19. The number of rotatable bonds is 5. The smallest absolute Gasteiger partial charge is 0.195 e. The second-order valence-corrected chi connectivity index (χ2v) is 5.74. The summed E-state index contributed by atoms with van der Waals surface area (Å²) >= 11 is 1.60. The van der Waals surface area contributed by atoms with Gasteiger partial charge in [-0.3, -0.25) is 4.79 Å². The Hall–Kier alpha value is -1.67. The predicted molar refractivity (Wildman–Crippen MR) is 82.9 cm³/mol. The van der Waals surface area contributed by atoms with Crippen molar-refractivity contribution in [1.29, 1.82) is 0 Å². The Morgan fingerprint density at radius 3 is 2.74 bits per heavy atom. The maximum Gasteiger partial charge on any atom is 0.195 e. The normalized spacial score (nSPS) is 11.1. The van der Waals surface area contributed by atoms with E-state index in [2.05, 4.69) is 26.0 Å². The van der Waals surface area contributed by atoms with E-state index < -0.39 is 0 Å². The summed E-state index contributed by atoms with van der Waals surface area (Å²) in [5.74, 6) is 0.0932. The fourth-order valence-corrected chi connectivity index (χ4v) is 2.94. The number of carbonyl (C=O) groups excluding carboxylic acids is 1. The minimum Gasteiger partial charge on any atom is -0.288 e. The van der Waals surface area contributed by atoms with Crippen LogP contribution in [0, 0.1) is 6.92 Å². The van der Waals surface area contributed by atoms with E-state index in [1.54, 1.807) is 17.4 Å². The molecule has 0 amide bonds. The van der Waals surface area contributed by atoms with Crippen LogP contribution in [0.3, 0.4) is 0 Å². The SMILES string of the molecule is CCCc1ccc(C(=O)/C=C/c2ccccc2C)s1. The van der Waals surface area contributed by atoms with E-state index in [9.17, 15) is 4.79 Å². The molecule has 1 aromatic heterocycles. The van der Waals surface area contributed by atoms with E-state index in [0.717, 1.165) is 23.3 Å². The van der Waals surface area contributed by atoms with Gasteiger partial charge in [-0.25, -0.2) is 0 Å². The molecule has 0 unspecified atom stereocenters. The molecule has 1 heterocycles. The summed E-state index contributed by atoms with van der Waals surface area (Å²) in [5.41, 5.74) is 2.28. The molecule has 2 aromatic rings. The summed E-state index contributed by atoms with van der Waals surface area (Å²) in [4.78, 5) is 14.2. The molecule has 0 aliphatic heterocycles. The zero-order valence-corrected chi connectivity index (χ0v) is 12.2. The Kier molecular flexibility index (Phi) is 4.69. The maximum absolute atomic E-state index is 12.1. The van der Waals surface area contributed by atoms with E-state index in [1.807, 2.05) is 30.3 Å². The van der Waals surface area contributed by atoms with Gasteiger partial charge in [0, 0.05) is 4.88 Å². The topological polar surface area (TPSA) is 17.1 Å². The molecule has 0 radical (unpaired) electrons. The maximum atomic E-state index is 12.1. The Morgan fingerprint density at radius 2 is 2.00 bits per heavy atom. The molecule has 1 nitrogen and oxygen atoms in total. The largest absolute Gasteiger partial charge is 0.288 e. The number of hydrogen-bond acceptors (Lipinski definition) is 2. The molecule has 0 spiro atoms. The third-order valence-corrected chi connectivity index (χ3v) is 4.16. The zero-order valence-electron chi connectivity index (χ0n) is 11.3. The first-order valence-electron chi connectivity index (χ1n) is 6.57. The summed E-state index contributed by atoms with van der Waals surface area (Å²) < 4.78 is 0. The molecular formula is C17H18OS. The van der Waals surface area contributed by atoms with Gasteiger partial charge >= 0.3 is 0 Å². The Labute approximate surface area is 118 Å². The van der Waals surface area contributed by atoms with Gasteiger partial charge in [-0.15, -0.1) is 11.3 Å². The number of carbonyl (C=O) groups is 1. The average Bonchev–Trinajstić information content (AvgIpc) is 2.87. The Bertz CT molecular complexity index is 593. The van der Waals surface area contributed by atoms with Gasteiger partial charge in [-0.1, -0.05) is 43.7 Å². The van der Waals surface area contributed by atoms with Crippen LogP contribution in [0.25, 0.3) is 6.08 Å². The van der Waals surface area contributed by atoms with Crippen molar-refractivity contribution in [3.8, 4) is 0 Å². The van der Waals surface area contributed by atoms with Crippen LogP contribution in [0.2, 0.25) is 0 Å². The molecular weight excluding hydrogens is 252 g/mol. The van der Waals surface area contributed by atoms with Crippen molar-refractivity contribution in [2.75, 3.05) is 0 Å². The number of allylic oxidation sites excluding steroid dienone is 1. The van der Waals surface area contributed by atoms with Crippen LogP contribution in [-0.4, -0.2) is 5.78 Å². The predicted octanol–water partition coefficient (Wildman–Crippen LogP) is 4.91. The van der Waals surface area contributed by atoms with Crippen LogP contribution < -0.4 is 0 Å². The van der Waals surface area contributed by atoms with Crippen molar-refractivity contribution < 1.29 is 4.79 Å². The third kappa shape index (κ3) is 3.65. The van der Waals surface area contributed by atoms with E-state index in [4.69, 9.17) is 0 Å². The number of ketones is 1. The van der Waals surface area contributed by atoms with Crippen molar-refractivity contribution in [2.24, 2.45) is 0 Å². The molecule has 0 bridgehead atoms. The summed E-state index contributed by atoms with van der Waals surface area (Å²) in [6.07, 6.45) is 5.74. The first-order valence-corrected chi connectivity index (χ1v) is 7.39. The van der Waals surface area contributed by atoms with Crippen LogP contribution in [0.5, 0.6) is 0 Å². The fraction of sp³-hybridized carbons (Fsp3) is 0.235. The molecule has 0 aliphatic carbocycles. The fourth-order valence-electron chi connectivity index (χ4n) is 1.91. The van der Waals surface area contributed by atoms with Crippen LogP contribution >= 0.6 is 11.3 Å². The monoisotopic (exact) mass is 270 g/mol. The van der Waals surface area contributed by atoms with E-state index >= 15 is 0 Å². The van der Waals surface area contributed by atoms with Gasteiger partial charge in [-0.2, -0.15) is 0 Å². The lowest BCUT2D eigenvalue weighted by molar-refractivity contribution is 0.105. The molecule has 0 N–H and O–H groups in total. The Morgan fingerprint density at radius 1 is 1.21 bits per heavy atom. The number of aryl methyl sites for hydroxylation is 2.